The van der Waals surface area contributed by atoms with Gasteiger partial charge in [-0.15, -0.1) is 0 Å². The van der Waals surface area contributed by atoms with Crippen LogP contribution in [-0.2, 0) is 11.3 Å². The van der Waals surface area contributed by atoms with E-state index in [0.29, 0.717) is 6.54 Å². The Labute approximate surface area is 126 Å². The molecular formula is C14H15N3O5. The van der Waals surface area contributed by atoms with E-state index < -0.39 is 12.2 Å². The van der Waals surface area contributed by atoms with Gasteiger partial charge in [0, 0.05) is 6.54 Å². The molecule has 0 saturated heterocycles. The fourth-order valence-electron chi connectivity index (χ4n) is 1.52. The number of hydrogen-bond donors (Lipinski definition) is 2. The molecule has 0 bridgehead atoms. The fourth-order valence-corrected chi connectivity index (χ4v) is 1.52. The lowest BCUT2D eigenvalue weighted by Crippen LogP contribution is -2.28. The number of amides is 2. The molecule has 2 amide bonds. The highest BCUT2D eigenvalue weighted by molar-refractivity contribution is 5.86. The average molecular weight is 305 g/mol. The minimum atomic E-state index is -0.893. The van der Waals surface area contributed by atoms with E-state index in [1.54, 1.807) is 6.92 Å². The van der Waals surface area contributed by atoms with Gasteiger partial charge in [-0.2, -0.15) is 4.98 Å². The first-order chi connectivity index (χ1) is 10.7. The third kappa shape index (κ3) is 4.82. The molecular weight excluding hydrogens is 290 g/mol. The summed E-state index contributed by atoms with van der Waals surface area (Å²) in [7, 11) is 0. The van der Waals surface area contributed by atoms with Crippen molar-refractivity contribution in [3.05, 3.63) is 42.2 Å². The predicted molar refractivity (Wildman–Crippen MR) is 76.5 cm³/mol. The number of ether oxygens (including phenoxy) is 2. The van der Waals surface area contributed by atoms with Gasteiger partial charge >= 0.3 is 18.2 Å². The van der Waals surface area contributed by atoms with Crippen LogP contribution in [0.1, 0.15) is 12.5 Å². The Hall–Kier alpha value is -3.03. The molecule has 0 saturated carbocycles. The number of benzene rings is 1. The number of rotatable bonds is 5. The predicted octanol–water partition coefficient (Wildman–Crippen LogP) is 2.53. The van der Waals surface area contributed by atoms with Gasteiger partial charge in [0.1, 0.15) is 0 Å². The lowest BCUT2D eigenvalue weighted by atomic mass is 10.2. The normalized spacial score (nSPS) is 9.86. The molecule has 8 nitrogen and oxygen atoms in total. The second-order valence-electron chi connectivity index (χ2n) is 4.07. The molecule has 0 atom stereocenters. The minimum Gasteiger partial charge on any atom is -0.434 e. The molecule has 1 heterocycles. The second kappa shape index (κ2) is 7.67. The van der Waals surface area contributed by atoms with Crippen molar-refractivity contribution in [2.45, 2.75) is 13.5 Å². The molecule has 0 radical (unpaired) electrons. The van der Waals surface area contributed by atoms with E-state index >= 15 is 0 Å². The SMILES string of the molecule is CCOC(=O)Oc1coc(NC(=O)NCc2ccccc2)n1. The number of nitrogens with one attached hydrogen (secondary N) is 2. The first-order valence-corrected chi connectivity index (χ1v) is 6.56. The van der Waals surface area contributed by atoms with Crippen molar-refractivity contribution in [2.75, 3.05) is 11.9 Å². The van der Waals surface area contributed by atoms with Crippen molar-refractivity contribution < 1.29 is 23.5 Å². The summed E-state index contributed by atoms with van der Waals surface area (Å²) in [6.45, 7) is 2.19. The Morgan fingerprint density at radius 1 is 1.27 bits per heavy atom. The number of urea groups is 1. The van der Waals surface area contributed by atoms with E-state index in [9.17, 15) is 9.59 Å². The molecule has 22 heavy (non-hydrogen) atoms. The van der Waals surface area contributed by atoms with Crippen molar-refractivity contribution in [1.29, 1.82) is 0 Å². The van der Waals surface area contributed by atoms with E-state index in [0.717, 1.165) is 11.8 Å². The molecule has 2 N–H and O–H groups in total. The molecule has 0 spiro atoms. The van der Waals surface area contributed by atoms with Crippen molar-refractivity contribution in [3.63, 3.8) is 0 Å². The van der Waals surface area contributed by atoms with E-state index in [1.165, 1.54) is 0 Å². The Bertz CT molecular complexity index is 626. The number of hydrogen-bond acceptors (Lipinski definition) is 6. The molecule has 2 aromatic rings. The van der Waals surface area contributed by atoms with Gasteiger partial charge in [0.25, 0.3) is 5.88 Å². The summed E-state index contributed by atoms with van der Waals surface area (Å²) < 4.78 is 14.2. The summed E-state index contributed by atoms with van der Waals surface area (Å²) in [5.41, 5.74) is 0.955. The highest BCUT2D eigenvalue weighted by Crippen LogP contribution is 2.14. The Kier molecular flexibility index (Phi) is 5.36. The fraction of sp³-hybridized carbons (Fsp3) is 0.214. The lowest BCUT2D eigenvalue weighted by Gasteiger charge is -2.04. The van der Waals surface area contributed by atoms with Crippen LogP contribution in [0.5, 0.6) is 5.88 Å². The largest absolute Gasteiger partial charge is 0.515 e. The first kappa shape index (κ1) is 15.4. The smallest absolute Gasteiger partial charge is 0.434 e. The van der Waals surface area contributed by atoms with Crippen molar-refractivity contribution in [2.24, 2.45) is 0 Å². The van der Waals surface area contributed by atoms with E-state index in [2.05, 4.69) is 20.4 Å². The number of nitrogens with zero attached hydrogens (tertiary/aromatic N) is 1. The maximum Gasteiger partial charge on any atom is 0.515 e. The third-order valence-electron chi connectivity index (χ3n) is 2.45. The Morgan fingerprint density at radius 2 is 2.05 bits per heavy atom. The molecule has 0 aliphatic heterocycles. The summed E-state index contributed by atoms with van der Waals surface area (Å²) >= 11 is 0. The maximum absolute atomic E-state index is 11.7. The van der Waals surface area contributed by atoms with Gasteiger partial charge in [-0.05, 0) is 12.5 Å². The number of anilines is 1. The van der Waals surface area contributed by atoms with Crippen LogP contribution in [0.4, 0.5) is 15.6 Å². The summed E-state index contributed by atoms with van der Waals surface area (Å²) in [6.07, 6.45) is 0.194. The van der Waals surface area contributed by atoms with E-state index in [-0.39, 0.29) is 18.5 Å². The molecule has 8 heteroatoms. The average Bonchev–Trinajstić information content (AvgIpc) is 2.93. The lowest BCUT2D eigenvalue weighted by molar-refractivity contribution is 0.102. The second-order valence-corrected chi connectivity index (χ2v) is 4.07. The van der Waals surface area contributed by atoms with Crippen LogP contribution >= 0.6 is 0 Å². The Balaban J connectivity index is 1.79. The van der Waals surface area contributed by atoms with Crippen molar-refractivity contribution in [1.82, 2.24) is 10.3 Å². The summed E-state index contributed by atoms with van der Waals surface area (Å²) in [6, 6.07) is 8.83. The summed E-state index contributed by atoms with van der Waals surface area (Å²) in [4.78, 5) is 26.5. The molecule has 1 aromatic carbocycles. The topological polar surface area (TPSA) is 103 Å². The summed E-state index contributed by atoms with van der Waals surface area (Å²) in [5, 5.41) is 5.01. The monoisotopic (exact) mass is 305 g/mol. The van der Waals surface area contributed by atoms with Crippen molar-refractivity contribution in [3.8, 4) is 5.88 Å². The van der Waals surface area contributed by atoms with Crippen LogP contribution in [0.15, 0.2) is 41.0 Å². The molecule has 1 aromatic heterocycles. The standard InChI is InChI=1S/C14H15N3O5/c1-2-20-14(19)22-11-9-21-13(16-11)17-12(18)15-8-10-6-4-3-5-7-10/h3-7,9H,2,8H2,1H3,(H2,15,16,17,18). The molecule has 0 aliphatic carbocycles. The highest BCUT2D eigenvalue weighted by atomic mass is 16.7. The molecule has 116 valence electrons. The van der Waals surface area contributed by atoms with Crippen LogP contribution < -0.4 is 15.4 Å². The van der Waals surface area contributed by atoms with Crippen LogP contribution in [-0.4, -0.2) is 23.8 Å². The minimum absolute atomic E-state index is 0.0927. The van der Waals surface area contributed by atoms with Crippen molar-refractivity contribution >= 4 is 18.2 Å². The molecule has 2 rings (SSSR count). The summed E-state index contributed by atoms with van der Waals surface area (Å²) in [5.74, 6) is -0.100. The number of carbonyl (C=O) groups is 2. The maximum atomic E-state index is 11.7. The molecule has 0 aliphatic rings. The highest BCUT2D eigenvalue weighted by Gasteiger charge is 2.12. The van der Waals surface area contributed by atoms with Gasteiger partial charge in [-0.1, -0.05) is 30.3 Å². The quantitative estimate of drug-likeness (QED) is 0.823. The van der Waals surface area contributed by atoms with Gasteiger partial charge < -0.3 is 19.2 Å². The van der Waals surface area contributed by atoms with Crippen LogP contribution in [0.2, 0.25) is 0 Å². The zero-order valence-corrected chi connectivity index (χ0v) is 11.9. The van der Waals surface area contributed by atoms with E-state index in [4.69, 9.17) is 9.15 Å². The molecule has 0 unspecified atom stereocenters. The number of oxazole rings is 1. The van der Waals surface area contributed by atoms with Gasteiger partial charge in [0.2, 0.25) is 0 Å². The van der Waals surface area contributed by atoms with Crippen LogP contribution in [0.3, 0.4) is 0 Å². The zero-order chi connectivity index (χ0) is 15.8. The van der Waals surface area contributed by atoms with Crippen LogP contribution in [0.25, 0.3) is 0 Å². The zero-order valence-electron chi connectivity index (χ0n) is 11.9. The van der Waals surface area contributed by atoms with Gasteiger partial charge in [-0.3, -0.25) is 5.32 Å². The number of carbonyl (C=O) groups excluding carboxylic acids is 2. The third-order valence-corrected chi connectivity index (χ3v) is 2.45. The van der Waals surface area contributed by atoms with Gasteiger partial charge in [-0.25, -0.2) is 9.59 Å². The van der Waals surface area contributed by atoms with Gasteiger partial charge in [0.15, 0.2) is 6.26 Å². The van der Waals surface area contributed by atoms with Crippen LogP contribution in [0, 0.1) is 0 Å². The first-order valence-electron chi connectivity index (χ1n) is 6.56. The molecule has 0 fully saturated rings. The number of aromatic nitrogens is 1. The van der Waals surface area contributed by atoms with Gasteiger partial charge in [0.05, 0.1) is 6.61 Å². The Morgan fingerprint density at radius 3 is 2.77 bits per heavy atom. The van der Waals surface area contributed by atoms with E-state index in [1.807, 2.05) is 30.3 Å².